The molecular weight excluding hydrogens is 654 g/mol. The van der Waals surface area contributed by atoms with Gasteiger partial charge in [0.25, 0.3) is 5.91 Å². The van der Waals surface area contributed by atoms with Gasteiger partial charge in [-0.15, -0.1) is 11.3 Å². The van der Waals surface area contributed by atoms with Crippen LogP contribution in [-0.2, 0) is 4.74 Å². The molecule has 2 aromatic carbocycles. The molecule has 1 saturated heterocycles. The van der Waals surface area contributed by atoms with E-state index in [0.29, 0.717) is 53.0 Å². The molecule has 5 aromatic rings. The van der Waals surface area contributed by atoms with Gasteiger partial charge in [-0.3, -0.25) is 9.36 Å². The number of aromatic nitrogens is 3. The van der Waals surface area contributed by atoms with Crippen LogP contribution in [0.2, 0.25) is 5.02 Å². The van der Waals surface area contributed by atoms with Crippen LogP contribution in [0.4, 0.5) is 4.79 Å². The third-order valence-corrected chi connectivity index (χ3v) is 9.49. The van der Waals surface area contributed by atoms with Gasteiger partial charge in [0.05, 0.1) is 16.1 Å². The second-order valence-electron chi connectivity index (χ2n) is 12.6. The fourth-order valence-electron chi connectivity index (χ4n) is 5.56. The number of benzene rings is 2. The summed E-state index contributed by atoms with van der Waals surface area (Å²) in [6.45, 7) is 8.44. The Hall–Kier alpha value is -4.81. The van der Waals surface area contributed by atoms with Crippen LogP contribution >= 0.6 is 22.9 Å². The highest BCUT2D eigenvalue weighted by atomic mass is 35.5. The first kappa shape index (κ1) is 33.1. The van der Waals surface area contributed by atoms with Crippen molar-refractivity contribution in [2.45, 2.75) is 58.3 Å². The van der Waals surface area contributed by atoms with Gasteiger partial charge >= 0.3 is 6.09 Å². The number of hydrogen-bond donors (Lipinski definition) is 1. The van der Waals surface area contributed by atoms with Gasteiger partial charge in [-0.2, -0.15) is 4.73 Å². The largest absolute Gasteiger partial charge is 0.619 e. The van der Waals surface area contributed by atoms with Gasteiger partial charge in [-0.25, -0.2) is 9.78 Å². The molecule has 250 valence electrons. The molecule has 0 aliphatic carbocycles. The molecule has 0 saturated carbocycles. The van der Waals surface area contributed by atoms with Crippen LogP contribution in [0.1, 0.15) is 61.9 Å². The van der Waals surface area contributed by atoms with Crippen molar-refractivity contribution in [3.05, 3.63) is 94.0 Å². The van der Waals surface area contributed by atoms with Crippen LogP contribution in [0.5, 0.6) is 11.5 Å². The fraction of sp³-hybridized carbons (Fsp3) is 0.314. The number of nitrogens with two attached hydrogens (primary N) is 1. The van der Waals surface area contributed by atoms with Crippen molar-refractivity contribution >= 4 is 46.0 Å². The number of pyridine rings is 1. The lowest BCUT2D eigenvalue weighted by atomic mass is 10.1. The Kier molecular flexibility index (Phi) is 9.22. The topological polar surface area (TPSA) is 136 Å². The Bertz CT molecular complexity index is 1960. The first-order valence-electron chi connectivity index (χ1n) is 15.6. The predicted octanol–water partition coefficient (Wildman–Crippen LogP) is 7.06. The van der Waals surface area contributed by atoms with E-state index in [1.54, 1.807) is 29.4 Å². The van der Waals surface area contributed by atoms with Crippen molar-refractivity contribution in [3.8, 4) is 27.6 Å². The maximum Gasteiger partial charge on any atom is 0.410 e. The third-order valence-electron chi connectivity index (χ3n) is 7.95. The molecule has 0 spiro atoms. The summed E-state index contributed by atoms with van der Waals surface area (Å²) in [5, 5.41) is 12.6. The van der Waals surface area contributed by atoms with Crippen molar-refractivity contribution in [2.24, 2.45) is 5.73 Å². The number of hydrogen-bond acceptors (Lipinski definition) is 8. The number of imidazole rings is 1. The first-order valence-corrected chi connectivity index (χ1v) is 16.8. The zero-order chi connectivity index (χ0) is 34.2. The Morgan fingerprint density at radius 3 is 2.48 bits per heavy atom. The van der Waals surface area contributed by atoms with Gasteiger partial charge in [0.1, 0.15) is 45.5 Å². The van der Waals surface area contributed by atoms with E-state index < -0.39 is 17.6 Å². The highest BCUT2D eigenvalue weighted by Crippen LogP contribution is 2.39. The van der Waals surface area contributed by atoms with Crippen LogP contribution < -0.4 is 19.9 Å². The summed E-state index contributed by atoms with van der Waals surface area (Å²) < 4.78 is 20.7. The lowest BCUT2D eigenvalue weighted by Crippen LogP contribution is -2.44. The van der Waals surface area contributed by atoms with Crippen molar-refractivity contribution in [1.82, 2.24) is 14.5 Å². The molecule has 4 heterocycles. The monoisotopic (exact) mass is 689 g/mol. The van der Waals surface area contributed by atoms with Crippen LogP contribution in [0.15, 0.2) is 73.3 Å². The molecule has 6 rings (SSSR count). The maximum absolute atomic E-state index is 12.5. The SMILES string of the molecule is C[C@@H](Oc1cc(-n2cnc3cc(-c4cc[n+]([O-])cc4)ccc32)sc1C(N)=O)c1cccc(OC2CCN(C(=O)OC(C)(C)C)CC2)c1Cl. The summed E-state index contributed by atoms with van der Waals surface area (Å²) in [4.78, 5) is 31.5. The number of carbonyl (C=O) groups is 2. The van der Waals surface area contributed by atoms with Crippen LogP contribution in [0, 0.1) is 5.21 Å². The van der Waals surface area contributed by atoms with Gasteiger partial charge in [0.15, 0.2) is 12.4 Å². The maximum atomic E-state index is 12.5. The molecule has 3 aromatic heterocycles. The van der Waals surface area contributed by atoms with Gasteiger partial charge < -0.3 is 30.1 Å². The number of carbonyl (C=O) groups excluding carboxylic acids is 2. The number of primary amides is 1. The zero-order valence-corrected chi connectivity index (χ0v) is 28.6. The number of rotatable bonds is 8. The molecule has 2 N–H and O–H groups in total. The normalized spacial score (nSPS) is 14.6. The van der Waals surface area contributed by atoms with Crippen molar-refractivity contribution in [1.29, 1.82) is 0 Å². The molecule has 1 atom stereocenters. The number of ether oxygens (including phenoxy) is 3. The number of halogens is 1. The Labute approximate surface area is 287 Å². The van der Waals surface area contributed by atoms with E-state index in [1.165, 1.54) is 23.7 Å². The number of likely N-dealkylation sites (tertiary alicyclic amines) is 1. The minimum absolute atomic E-state index is 0.118. The molecule has 1 aliphatic rings. The van der Waals surface area contributed by atoms with E-state index in [4.69, 9.17) is 31.5 Å². The molecule has 48 heavy (non-hydrogen) atoms. The van der Waals surface area contributed by atoms with E-state index in [0.717, 1.165) is 26.9 Å². The Morgan fingerprint density at radius 2 is 1.79 bits per heavy atom. The molecule has 13 heteroatoms. The number of piperidine rings is 1. The summed E-state index contributed by atoms with van der Waals surface area (Å²) in [6.07, 6.45) is 4.89. The highest BCUT2D eigenvalue weighted by Gasteiger charge is 2.29. The summed E-state index contributed by atoms with van der Waals surface area (Å²) in [5.41, 5.74) is 9.31. The Morgan fingerprint density at radius 1 is 1.06 bits per heavy atom. The van der Waals surface area contributed by atoms with Gasteiger partial charge in [-0.05, 0) is 57.0 Å². The average molecular weight is 690 g/mol. The van der Waals surface area contributed by atoms with Crippen LogP contribution in [-0.4, -0.2) is 51.2 Å². The molecule has 2 amide bonds. The molecule has 11 nitrogen and oxygen atoms in total. The highest BCUT2D eigenvalue weighted by molar-refractivity contribution is 7.16. The molecule has 0 bridgehead atoms. The number of amides is 2. The molecule has 0 unspecified atom stereocenters. The number of nitrogens with zero attached hydrogens (tertiary/aromatic N) is 4. The predicted molar refractivity (Wildman–Crippen MR) is 184 cm³/mol. The van der Waals surface area contributed by atoms with Crippen molar-refractivity contribution < 1.29 is 28.5 Å². The summed E-state index contributed by atoms with van der Waals surface area (Å²) in [5.74, 6) is 0.245. The second-order valence-corrected chi connectivity index (χ2v) is 14.0. The van der Waals surface area contributed by atoms with Gasteiger partial charge in [0, 0.05) is 49.7 Å². The number of fused-ring (bicyclic) bond motifs is 1. The lowest BCUT2D eigenvalue weighted by molar-refractivity contribution is -0.605. The molecular formula is C35H36ClN5O6S. The molecule has 0 radical (unpaired) electrons. The molecule has 1 aliphatic heterocycles. The van der Waals surface area contributed by atoms with E-state index in [9.17, 15) is 14.8 Å². The van der Waals surface area contributed by atoms with E-state index in [1.807, 2.05) is 68.7 Å². The van der Waals surface area contributed by atoms with E-state index in [-0.39, 0.29) is 17.1 Å². The summed E-state index contributed by atoms with van der Waals surface area (Å²) >= 11 is 8.06. The molecule has 1 fully saturated rings. The van der Waals surface area contributed by atoms with E-state index >= 15 is 0 Å². The quantitative estimate of drug-likeness (QED) is 0.136. The summed E-state index contributed by atoms with van der Waals surface area (Å²) in [7, 11) is 0. The number of thiophene rings is 1. The zero-order valence-electron chi connectivity index (χ0n) is 27.0. The van der Waals surface area contributed by atoms with Gasteiger partial charge in [-0.1, -0.05) is 29.8 Å². The van der Waals surface area contributed by atoms with Crippen LogP contribution in [0.25, 0.3) is 27.2 Å². The third kappa shape index (κ3) is 7.19. The standard InChI is InChI=1S/C35H36ClN5O6S/c1-21(25-6-5-7-28(31(25)36)46-24-12-14-39(15-13-24)34(43)47-35(2,3)4)45-29-19-30(48-32(29)33(37)42)41-20-38-26-18-23(8-9-27(26)41)22-10-16-40(44)17-11-22/h5-11,16-21,24H,12-15H2,1-4H3,(H2,37,42)/t21-/m1/s1. The minimum Gasteiger partial charge on any atom is -0.619 e. The average Bonchev–Trinajstić information content (AvgIpc) is 3.66. The first-order chi connectivity index (χ1) is 22.9. The lowest BCUT2D eigenvalue weighted by Gasteiger charge is -2.33. The minimum atomic E-state index is -0.610. The Balaban J connectivity index is 1.17. The van der Waals surface area contributed by atoms with Crippen molar-refractivity contribution in [2.75, 3.05) is 13.1 Å². The van der Waals surface area contributed by atoms with Crippen molar-refractivity contribution in [3.63, 3.8) is 0 Å². The smallest absolute Gasteiger partial charge is 0.410 e. The second kappa shape index (κ2) is 13.4. The van der Waals surface area contributed by atoms with E-state index in [2.05, 4.69) is 4.98 Å². The van der Waals surface area contributed by atoms with Crippen LogP contribution in [0.3, 0.4) is 0 Å². The van der Waals surface area contributed by atoms with Gasteiger partial charge in [0.2, 0.25) is 0 Å². The fourth-order valence-corrected chi connectivity index (χ4v) is 6.81. The summed E-state index contributed by atoms with van der Waals surface area (Å²) in [6, 6.07) is 16.6.